The Morgan fingerprint density at radius 2 is 2.04 bits per heavy atom. The van der Waals surface area contributed by atoms with Crippen molar-refractivity contribution in [3.05, 3.63) is 34.9 Å². The monoisotopic (exact) mass is 356 g/mol. The number of nitrogens with two attached hydrogens (primary N) is 1. The zero-order chi connectivity index (χ0) is 18.3. The van der Waals surface area contributed by atoms with Gasteiger partial charge in [-0.2, -0.15) is 0 Å². The second-order valence-electron chi connectivity index (χ2n) is 7.35. The van der Waals surface area contributed by atoms with Gasteiger partial charge in [0.25, 0.3) is 5.91 Å². The molecule has 7 nitrogen and oxygen atoms in total. The SMILES string of the molecule is NCC1CCCN1Cc1cccc2c1CN(C1CCC(=O)NC1=O)C2=O. The van der Waals surface area contributed by atoms with Crippen LogP contribution < -0.4 is 11.1 Å². The van der Waals surface area contributed by atoms with E-state index in [2.05, 4.69) is 16.3 Å². The van der Waals surface area contributed by atoms with Gasteiger partial charge in [-0.1, -0.05) is 12.1 Å². The van der Waals surface area contributed by atoms with E-state index in [1.807, 2.05) is 12.1 Å². The summed E-state index contributed by atoms with van der Waals surface area (Å²) in [6.07, 6.45) is 2.93. The second kappa shape index (κ2) is 6.81. The number of rotatable bonds is 4. The zero-order valence-corrected chi connectivity index (χ0v) is 14.7. The fourth-order valence-corrected chi connectivity index (χ4v) is 4.39. The Bertz CT molecular complexity index is 763. The number of likely N-dealkylation sites (tertiary alicyclic amines) is 1. The molecule has 3 amide bonds. The normalized spacial score (nSPS) is 26.3. The predicted molar refractivity (Wildman–Crippen MR) is 95.0 cm³/mol. The summed E-state index contributed by atoms with van der Waals surface area (Å²) in [6, 6.07) is 5.63. The molecule has 2 atom stereocenters. The van der Waals surface area contributed by atoms with Crippen molar-refractivity contribution < 1.29 is 14.4 Å². The maximum absolute atomic E-state index is 12.9. The molecule has 0 aromatic heterocycles. The van der Waals surface area contributed by atoms with E-state index in [9.17, 15) is 14.4 Å². The standard InChI is InChI=1S/C19H24N4O3/c20-9-13-4-2-8-22(13)10-12-3-1-5-14-15(12)11-23(19(14)26)16-6-7-17(24)21-18(16)25/h1,3,5,13,16H,2,4,6-11,20H2,(H,21,24,25). The summed E-state index contributed by atoms with van der Waals surface area (Å²) < 4.78 is 0. The molecule has 3 aliphatic rings. The lowest BCUT2D eigenvalue weighted by atomic mass is 10.0. The minimum atomic E-state index is -0.566. The lowest BCUT2D eigenvalue weighted by Gasteiger charge is -2.29. The first-order chi connectivity index (χ1) is 12.6. The Hall–Kier alpha value is -2.25. The van der Waals surface area contributed by atoms with Crippen LogP contribution in [0.15, 0.2) is 18.2 Å². The van der Waals surface area contributed by atoms with E-state index in [0.29, 0.717) is 31.1 Å². The van der Waals surface area contributed by atoms with Crippen molar-refractivity contribution in [1.29, 1.82) is 0 Å². The summed E-state index contributed by atoms with van der Waals surface area (Å²) in [5.41, 5.74) is 8.69. The largest absolute Gasteiger partial charge is 0.329 e. The van der Waals surface area contributed by atoms with Crippen LogP contribution in [0.1, 0.15) is 47.2 Å². The van der Waals surface area contributed by atoms with Gasteiger partial charge in [0.1, 0.15) is 6.04 Å². The van der Waals surface area contributed by atoms with E-state index in [-0.39, 0.29) is 24.1 Å². The molecule has 4 rings (SSSR count). The van der Waals surface area contributed by atoms with E-state index in [0.717, 1.165) is 37.1 Å². The molecule has 0 bridgehead atoms. The highest BCUT2D eigenvalue weighted by atomic mass is 16.2. The predicted octanol–water partition coefficient (Wildman–Crippen LogP) is 0.371. The van der Waals surface area contributed by atoms with Gasteiger partial charge in [-0.15, -0.1) is 0 Å². The van der Waals surface area contributed by atoms with Crippen molar-refractivity contribution >= 4 is 17.7 Å². The van der Waals surface area contributed by atoms with Gasteiger partial charge >= 0.3 is 0 Å². The van der Waals surface area contributed by atoms with E-state index in [1.54, 1.807) is 4.90 Å². The van der Waals surface area contributed by atoms with Crippen LogP contribution in [-0.2, 0) is 22.7 Å². The minimum Gasteiger partial charge on any atom is -0.329 e. The summed E-state index contributed by atoms with van der Waals surface area (Å²) >= 11 is 0. The quantitative estimate of drug-likeness (QED) is 0.760. The fraction of sp³-hybridized carbons (Fsp3) is 0.526. The molecular weight excluding hydrogens is 332 g/mol. The van der Waals surface area contributed by atoms with Crippen LogP contribution in [0.2, 0.25) is 0 Å². The number of hydrogen-bond donors (Lipinski definition) is 2. The van der Waals surface area contributed by atoms with Gasteiger partial charge in [-0.25, -0.2) is 0 Å². The Kier molecular flexibility index (Phi) is 4.50. The van der Waals surface area contributed by atoms with Gasteiger partial charge in [0.2, 0.25) is 11.8 Å². The van der Waals surface area contributed by atoms with Gasteiger partial charge in [0.15, 0.2) is 0 Å². The van der Waals surface area contributed by atoms with Gasteiger partial charge in [-0.3, -0.25) is 24.6 Å². The van der Waals surface area contributed by atoms with Crippen molar-refractivity contribution in [2.45, 2.75) is 50.9 Å². The fourth-order valence-electron chi connectivity index (χ4n) is 4.39. The van der Waals surface area contributed by atoms with Crippen LogP contribution in [0.4, 0.5) is 0 Å². The minimum absolute atomic E-state index is 0.117. The highest BCUT2D eigenvalue weighted by molar-refractivity contribution is 6.05. The van der Waals surface area contributed by atoms with Crippen LogP contribution >= 0.6 is 0 Å². The highest BCUT2D eigenvalue weighted by Gasteiger charge is 2.40. The zero-order valence-electron chi connectivity index (χ0n) is 14.7. The van der Waals surface area contributed by atoms with Crippen molar-refractivity contribution in [3.8, 4) is 0 Å². The number of carbonyl (C=O) groups is 3. The first-order valence-corrected chi connectivity index (χ1v) is 9.28. The molecule has 1 aromatic carbocycles. The first kappa shape index (κ1) is 17.2. The Balaban J connectivity index is 1.56. The molecule has 1 aromatic rings. The molecule has 0 spiro atoms. The van der Waals surface area contributed by atoms with Crippen LogP contribution in [0.25, 0.3) is 0 Å². The lowest BCUT2D eigenvalue weighted by Crippen LogP contribution is -2.52. The number of imide groups is 1. The molecule has 0 aliphatic carbocycles. The number of benzene rings is 1. The van der Waals surface area contributed by atoms with Gasteiger partial charge in [0.05, 0.1) is 0 Å². The summed E-state index contributed by atoms with van der Waals surface area (Å²) in [5, 5.41) is 2.35. The number of hydrogen-bond acceptors (Lipinski definition) is 5. The maximum atomic E-state index is 12.9. The number of piperidine rings is 1. The third-order valence-corrected chi connectivity index (χ3v) is 5.82. The molecular formula is C19H24N4O3. The van der Waals surface area contributed by atoms with Crippen LogP contribution in [-0.4, -0.2) is 52.7 Å². The third kappa shape index (κ3) is 2.91. The summed E-state index contributed by atoms with van der Waals surface area (Å²) in [4.78, 5) is 40.4. The Labute approximate surface area is 152 Å². The van der Waals surface area contributed by atoms with Crippen LogP contribution in [0, 0.1) is 0 Å². The molecule has 3 N–H and O–H groups in total. The van der Waals surface area contributed by atoms with E-state index in [1.165, 1.54) is 0 Å². The van der Waals surface area contributed by atoms with Crippen LogP contribution in [0.5, 0.6) is 0 Å². The second-order valence-corrected chi connectivity index (χ2v) is 7.35. The van der Waals surface area contributed by atoms with Crippen molar-refractivity contribution in [3.63, 3.8) is 0 Å². The van der Waals surface area contributed by atoms with Gasteiger partial charge in [0, 0.05) is 37.7 Å². The number of fused-ring (bicyclic) bond motifs is 1. The Morgan fingerprint density at radius 1 is 1.19 bits per heavy atom. The van der Waals surface area contributed by atoms with E-state index >= 15 is 0 Å². The molecule has 0 saturated carbocycles. The van der Waals surface area contributed by atoms with E-state index in [4.69, 9.17) is 5.73 Å². The van der Waals surface area contributed by atoms with Crippen molar-refractivity contribution in [2.24, 2.45) is 5.73 Å². The van der Waals surface area contributed by atoms with Gasteiger partial charge in [-0.05, 0) is 43.0 Å². The van der Waals surface area contributed by atoms with E-state index < -0.39 is 6.04 Å². The van der Waals surface area contributed by atoms with Crippen LogP contribution in [0.3, 0.4) is 0 Å². The molecule has 2 saturated heterocycles. The number of nitrogens with zero attached hydrogens (tertiary/aromatic N) is 2. The summed E-state index contributed by atoms with van der Waals surface area (Å²) in [6.45, 7) is 2.88. The molecule has 2 unspecified atom stereocenters. The molecule has 3 aliphatic heterocycles. The average Bonchev–Trinajstić information content (AvgIpc) is 3.20. The molecule has 2 fully saturated rings. The molecule has 3 heterocycles. The maximum Gasteiger partial charge on any atom is 0.255 e. The Morgan fingerprint density at radius 3 is 2.81 bits per heavy atom. The van der Waals surface area contributed by atoms with Gasteiger partial charge < -0.3 is 10.6 Å². The first-order valence-electron chi connectivity index (χ1n) is 9.28. The molecule has 7 heteroatoms. The molecule has 26 heavy (non-hydrogen) atoms. The topological polar surface area (TPSA) is 95.7 Å². The summed E-state index contributed by atoms with van der Waals surface area (Å²) in [5.74, 6) is -0.752. The third-order valence-electron chi connectivity index (χ3n) is 5.82. The number of amides is 3. The highest BCUT2D eigenvalue weighted by Crippen LogP contribution is 2.31. The smallest absolute Gasteiger partial charge is 0.255 e. The summed E-state index contributed by atoms with van der Waals surface area (Å²) in [7, 11) is 0. The van der Waals surface area contributed by atoms with Crippen molar-refractivity contribution in [2.75, 3.05) is 13.1 Å². The number of nitrogens with one attached hydrogen (secondary N) is 1. The average molecular weight is 356 g/mol. The van der Waals surface area contributed by atoms with Crippen molar-refractivity contribution in [1.82, 2.24) is 15.1 Å². The number of carbonyl (C=O) groups excluding carboxylic acids is 3. The lowest BCUT2D eigenvalue weighted by molar-refractivity contribution is -0.136. The molecule has 0 radical (unpaired) electrons. The molecule has 138 valence electrons.